The molecular formula is C15H25NO7. The highest BCUT2D eigenvalue weighted by Crippen LogP contribution is 2.13. The molecule has 0 aliphatic carbocycles. The molecular weight excluding hydrogens is 306 g/mol. The van der Waals surface area contributed by atoms with E-state index in [1.54, 1.807) is 0 Å². The van der Waals surface area contributed by atoms with Crippen molar-refractivity contribution in [3.8, 4) is 0 Å². The number of rotatable bonds is 12. The highest BCUT2D eigenvalue weighted by atomic mass is 16.7. The molecule has 23 heavy (non-hydrogen) atoms. The summed E-state index contributed by atoms with van der Waals surface area (Å²) < 4.78 is 25.4. The number of alkyl carbamates (subject to hydrolysis) is 1. The maximum absolute atomic E-state index is 11.5. The van der Waals surface area contributed by atoms with E-state index in [0.717, 1.165) is 0 Å². The van der Waals surface area contributed by atoms with E-state index >= 15 is 0 Å². The van der Waals surface area contributed by atoms with Gasteiger partial charge < -0.3 is 29.0 Å². The molecule has 1 N–H and O–H groups in total. The number of hydrogen-bond donors (Lipinski definition) is 1. The predicted molar refractivity (Wildman–Crippen MR) is 82.8 cm³/mol. The average molecular weight is 331 g/mol. The smallest absolute Gasteiger partial charge is 0.407 e. The van der Waals surface area contributed by atoms with Crippen molar-refractivity contribution < 1.29 is 33.3 Å². The lowest BCUT2D eigenvalue weighted by molar-refractivity contribution is -0.147. The van der Waals surface area contributed by atoms with Gasteiger partial charge in [0.1, 0.15) is 25.8 Å². The van der Waals surface area contributed by atoms with Gasteiger partial charge in [-0.2, -0.15) is 0 Å². The summed E-state index contributed by atoms with van der Waals surface area (Å²) in [6.45, 7) is 5.04. The minimum atomic E-state index is -0.711. The third-order valence-electron chi connectivity index (χ3n) is 2.67. The van der Waals surface area contributed by atoms with Crippen LogP contribution in [0.3, 0.4) is 0 Å². The molecule has 0 rings (SSSR count). The van der Waals surface area contributed by atoms with Gasteiger partial charge in [-0.05, 0) is 13.0 Å². The van der Waals surface area contributed by atoms with E-state index in [1.165, 1.54) is 46.5 Å². The molecule has 0 bridgehead atoms. The molecule has 0 saturated carbocycles. The zero-order chi connectivity index (χ0) is 17.7. The zero-order valence-corrected chi connectivity index (χ0v) is 13.9. The Morgan fingerprint density at radius 3 is 2.22 bits per heavy atom. The lowest BCUT2D eigenvalue weighted by Gasteiger charge is -2.30. The molecule has 0 spiro atoms. The van der Waals surface area contributed by atoms with Crippen molar-refractivity contribution >= 4 is 11.9 Å². The fourth-order valence-corrected chi connectivity index (χ4v) is 1.67. The minimum absolute atomic E-state index is 0.00486. The molecule has 3 atom stereocenters. The van der Waals surface area contributed by atoms with E-state index in [4.69, 9.17) is 18.9 Å². The summed E-state index contributed by atoms with van der Waals surface area (Å²) in [6, 6.07) is -0.707. The Kier molecular flexibility index (Phi) is 11.8. The highest BCUT2D eigenvalue weighted by molar-refractivity contribution is 5.87. The largest absolute Gasteiger partial charge is 0.453 e. The molecule has 0 aliphatic rings. The molecule has 0 aromatic rings. The van der Waals surface area contributed by atoms with E-state index in [0.29, 0.717) is 0 Å². The van der Waals surface area contributed by atoms with Crippen LogP contribution >= 0.6 is 0 Å². The van der Waals surface area contributed by atoms with Crippen LogP contribution in [0.2, 0.25) is 0 Å². The van der Waals surface area contributed by atoms with Crippen LogP contribution in [0, 0.1) is 0 Å². The quantitative estimate of drug-likeness (QED) is 0.324. The molecule has 2 unspecified atom stereocenters. The molecule has 0 aliphatic heterocycles. The summed E-state index contributed by atoms with van der Waals surface area (Å²) in [5, 5.41) is 2.57. The lowest BCUT2D eigenvalue weighted by atomic mass is 10.0. The Balaban J connectivity index is 5.34. The molecule has 0 saturated heterocycles. The second-order valence-corrected chi connectivity index (χ2v) is 4.44. The molecule has 0 fully saturated rings. The lowest BCUT2D eigenvalue weighted by Crippen LogP contribution is -2.49. The minimum Gasteiger partial charge on any atom is -0.453 e. The van der Waals surface area contributed by atoms with Crippen molar-refractivity contribution in [3.05, 3.63) is 24.8 Å². The number of allylic oxidation sites excluding steroid dienone is 1. The molecule has 1 amide bonds. The van der Waals surface area contributed by atoms with Gasteiger partial charge in [0.25, 0.3) is 0 Å². The maximum atomic E-state index is 11.5. The first-order valence-electron chi connectivity index (χ1n) is 6.87. The van der Waals surface area contributed by atoms with Crippen LogP contribution in [0.25, 0.3) is 0 Å². The van der Waals surface area contributed by atoms with Crippen molar-refractivity contribution in [1.82, 2.24) is 5.32 Å². The monoisotopic (exact) mass is 331 g/mol. The van der Waals surface area contributed by atoms with Crippen LogP contribution < -0.4 is 5.32 Å². The number of methoxy groups -OCH3 is 3. The molecule has 132 valence electrons. The Morgan fingerprint density at radius 1 is 1.13 bits per heavy atom. The second kappa shape index (κ2) is 12.8. The third kappa shape index (κ3) is 9.09. The summed E-state index contributed by atoms with van der Waals surface area (Å²) in [7, 11) is 4.17. The topological polar surface area (TPSA) is 92.3 Å². The number of nitrogens with one attached hydrogen (secondary N) is 1. The van der Waals surface area contributed by atoms with Crippen molar-refractivity contribution in [1.29, 1.82) is 0 Å². The van der Waals surface area contributed by atoms with Crippen LogP contribution in [0.4, 0.5) is 4.79 Å². The van der Waals surface area contributed by atoms with Crippen LogP contribution in [0.15, 0.2) is 24.8 Å². The summed E-state index contributed by atoms with van der Waals surface area (Å²) in [6.07, 6.45) is 2.31. The highest BCUT2D eigenvalue weighted by Gasteiger charge is 2.30. The number of carbonyl (C=O) groups is 2. The average Bonchev–Trinajstić information content (AvgIpc) is 2.54. The van der Waals surface area contributed by atoms with Gasteiger partial charge in [-0.3, -0.25) is 4.79 Å². The van der Waals surface area contributed by atoms with Gasteiger partial charge in [-0.1, -0.05) is 12.2 Å². The van der Waals surface area contributed by atoms with Crippen LogP contribution in [0.5, 0.6) is 0 Å². The van der Waals surface area contributed by atoms with E-state index in [1.807, 2.05) is 0 Å². The first-order chi connectivity index (χ1) is 11.0. The van der Waals surface area contributed by atoms with E-state index in [2.05, 4.69) is 16.6 Å². The standard InChI is InChI=1S/C15H25NO7/c1-6-13(22-9-19-3)14(23-10-20-4)12(8-7-11(2)17)16-15(18)21-5/h6-8,12-14H,1,9-10H2,2-5H3,(H,16,18)/b8-7+/t12?,13-,14?/m1/s1. The van der Waals surface area contributed by atoms with Crippen molar-refractivity contribution in [2.75, 3.05) is 34.9 Å². The summed E-state index contributed by atoms with van der Waals surface area (Å²) >= 11 is 0. The number of hydrogen-bond acceptors (Lipinski definition) is 7. The van der Waals surface area contributed by atoms with Crippen molar-refractivity contribution in [3.63, 3.8) is 0 Å². The Hall–Kier alpha value is -1.74. The third-order valence-corrected chi connectivity index (χ3v) is 2.67. The fraction of sp³-hybridized carbons (Fsp3) is 0.600. The molecule has 0 aromatic carbocycles. The summed E-state index contributed by atoms with van der Waals surface area (Å²) in [4.78, 5) is 22.7. The predicted octanol–water partition coefficient (Wildman–Crippen LogP) is 1.02. The number of ether oxygens (including phenoxy) is 5. The normalized spacial score (nSPS) is 15.0. The Labute approximate surface area is 136 Å². The van der Waals surface area contributed by atoms with Gasteiger partial charge in [0, 0.05) is 14.2 Å². The zero-order valence-electron chi connectivity index (χ0n) is 13.9. The van der Waals surface area contributed by atoms with Gasteiger partial charge in [-0.15, -0.1) is 6.58 Å². The summed E-state index contributed by atoms with van der Waals surface area (Å²) in [5.74, 6) is -0.180. The molecule has 0 heterocycles. The second-order valence-electron chi connectivity index (χ2n) is 4.44. The number of amides is 1. The fourth-order valence-electron chi connectivity index (χ4n) is 1.67. The number of carbonyl (C=O) groups excluding carboxylic acids is 2. The van der Waals surface area contributed by atoms with Crippen molar-refractivity contribution in [2.24, 2.45) is 0 Å². The van der Waals surface area contributed by atoms with E-state index in [-0.39, 0.29) is 19.4 Å². The van der Waals surface area contributed by atoms with Crippen LogP contribution in [0.1, 0.15) is 6.92 Å². The van der Waals surface area contributed by atoms with Crippen LogP contribution in [-0.4, -0.2) is 65.0 Å². The van der Waals surface area contributed by atoms with Gasteiger partial charge in [0.2, 0.25) is 0 Å². The molecule has 0 radical (unpaired) electrons. The van der Waals surface area contributed by atoms with Crippen molar-refractivity contribution in [2.45, 2.75) is 25.2 Å². The Bertz CT molecular complexity index is 397. The SMILES string of the molecule is C=C[C@@H](OCOC)C(OCOC)C(/C=C/C(C)=O)NC(=O)OC. The van der Waals surface area contributed by atoms with Gasteiger partial charge in [-0.25, -0.2) is 4.79 Å². The molecule has 8 heteroatoms. The number of ketones is 1. The van der Waals surface area contributed by atoms with E-state index < -0.39 is 24.3 Å². The maximum Gasteiger partial charge on any atom is 0.407 e. The first-order valence-corrected chi connectivity index (χ1v) is 6.87. The van der Waals surface area contributed by atoms with Gasteiger partial charge >= 0.3 is 6.09 Å². The molecule has 0 aromatic heterocycles. The van der Waals surface area contributed by atoms with E-state index in [9.17, 15) is 9.59 Å². The Morgan fingerprint density at radius 2 is 1.74 bits per heavy atom. The van der Waals surface area contributed by atoms with Gasteiger partial charge in [0.05, 0.1) is 13.2 Å². The first kappa shape index (κ1) is 21.3. The molecule has 8 nitrogen and oxygen atoms in total. The van der Waals surface area contributed by atoms with Crippen LogP contribution in [-0.2, 0) is 28.5 Å². The summed E-state index contributed by atoms with van der Waals surface area (Å²) in [5.41, 5.74) is 0. The van der Waals surface area contributed by atoms with Gasteiger partial charge in [0.15, 0.2) is 5.78 Å².